The SMILES string of the molecule is Nc1n[nH]c(C(=O)Nc2cncnc2)n1. The maximum atomic E-state index is 11.5. The molecular formula is C7H7N7O. The van der Waals surface area contributed by atoms with E-state index in [0.29, 0.717) is 5.69 Å². The zero-order chi connectivity index (χ0) is 10.7. The largest absolute Gasteiger partial charge is 0.366 e. The van der Waals surface area contributed by atoms with Crippen LogP contribution < -0.4 is 11.1 Å². The van der Waals surface area contributed by atoms with Crippen LogP contribution in [0, 0.1) is 0 Å². The average Bonchev–Trinajstić information content (AvgIpc) is 2.66. The minimum atomic E-state index is -0.450. The van der Waals surface area contributed by atoms with E-state index in [9.17, 15) is 4.79 Å². The lowest BCUT2D eigenvalue weighted by Crippen LogP contribution is -2.14. The van der Waals surface area contributed by atoms with Gasteiger partial charge in [-0.3, -0.25) is 9.89 Å². The molecule has 76 valence electrons. The lowest BCUT2D eigenvalue weighted by molar-refractivity contribution is 0.101. The van der Waals surface area contributed by atoms with Crippen molar-refractivity contribution in [2.24, 2.45) is 0 Å². The molecule has 15 heavy (non-hydrogen) atoms. The number of H-pyrrole nitrogens is 1. The van der Waals surface area contributed by atoms with Gasteiger partial charge in [0.15, 0.2) is 0 Å². The molecule has 0 bridgehead atoms. The Hall–Kier alpha value is -2.51. The Bertz CT molecular complexity index is 465. The van der Waals surface area contributed by atoms with Crippen molar-refractivity contribution in [2.45, 2.75) is 0 Å². The summed E-state index contributed by atoms with van der Waals surface area (Å²) in [5.74, 6) is -0.394. The Labute approximate surface area is 84.0 Å². The third-order valence-corrected chi connectivity index (χ3v) is 1.54. The number of aromatic amines is 1. The molecule has 8 nitrogen and oxygen atoms in total. The molecule has 0 unspecified atom stereocenters. The van der Waals surface area contributed by atoms with Gasteiger partial charge in [-0.25, -0.2) is 9.97 Å². The highest BCUT2D eigenvalue weighted by Crippen LogP contribution is 2.02. The summed E-state index contributed by atoms with van der Waals surface area (Å²) in [5.41, 5.74) is 5.72. The van der Waals surface area contributed by atoms with Gasteiger partial charge in [-0.15, -0.1) is 5.10 Å². The molecule has 2 aromatic rings. The molecule has 0 atom stereocenters. The van der Waals surface area contributed by atoms with Crippen LogP contribution in [-0.2, 0) is 0 Å². The number of aromatic nitrogens is 5. The number of nitrogens with one attached hydrogen (secondary N) is 2. The van der Waals surface area contributed by atoms with Crippen LogP contribution in [-0.4, -0.2) is 31.1 Å². The minimum absolute atomic E-state index is 0.0180. The van der Waals surface area contributed by atoms with E-state index in [0.717, 1.165) is 0 Å². The zero-order valence-corrected chi connectivity index (χ0v) is 7.51. The van der Waals surface area contributed by atoms with Crippen molar-refractivity contribution in [1.29, 1.82) is 0 Å². The molecular weight excluding hydrogens is 198 g/mol. The summed E-state index contributed by atoms with van der Waals surface area (Å²) >= 11 is 0. The van der Waals surface area contributed by atoms with Gasteiger partial charge in [-0.05, 0) is 0 Å². The predicted molar refractivity (Wildman–Crippen MR) is 50.8 cm³/mol. The highest BCUT2D eigenvalue weighted by atomic mass is 16.2. The molecule has 0 aliphatic heterocycles. The van der Waals surface area contributed by atoms with Gasteiger partial charge in [0.2, 0.25) is 11.8 Å². The highest BCUT2D eigenvalue weighted by Gasteiger charge is 2.10. The summed E-state index contributed by atoms with van der Waals surface area (Å²) in [6.07, 6.45) is 4.29. The fraction of sp³-hybridized carbons (Fsp3) is 0. The number of nitrogens with two attached hydrogens (primary N) is 1. The first-order chi connectivity index (χ1) is 7.25. The molecule has 0 saturated heterocycles. The molecule has 8 heteroatoms. The average molecular weight is 205 g/mol. The fourth-order valence-corrected chi connectivity index (χ4v) is 0.930. The third kappa shape index (κ3) is 2.05. The Morgan fingerprint density at radius 2 is 2.13 bits per heavy atom. The normalized spacial score (nSPS) is 9.87. The summed E-state index contributed by atoms with van der Waals surface area (Å²) in [6.45, 7) is 0. The first-order valence-electron chi connectivity index (χ1n) is 4.00. The maximum absolute atomic E-state index is 11.5. The number of hydrogen-bond donors (Lipinski definition) is 3. The van der Waals surface area contributed by atoms with Crippen molar-refractivity contribution in [1.82, 2.24) is 25.1 Å². The summed E-state index contributed by atoms with van der Waals surface area (Å²) in [6, 6.07) is 0. The predicted octanol–water partition coefficient (Wildman–Crippen LogP) is -0.571. The summed E-state index contributed by atoms with van der Waals surface area (Å²) in [4.78, 5) is 22.6. The molecule has 0 aromatic carbocycles. The van der Waals surface area contributed by atoms with Crippen LogP contribution in [0.25, 0.3) is 0 Å². The Morgan fingerprint density at radius 3 is 2.73 bits per heavy atom. The van der Waals surface area contributed by atoms with Crippen molar-refractivity contribution in [2.75, 3.05) is 11.1 Å². The molecule has 0 radical (unpaired) electrons. The number of amides is 1. The molecule has 0 saturated carbocycles. The lowest BCUT2D eigenvalue weighted by Gasteiger charge is -1.99. The Balaban J connectivity index is 2.11. The fourth-order valence-electron chi connectivity index (χ4n) is 0.930. The third-order valence-electron chi connectivity index (χ3n) is 1.54. The number of rotatable bonds is 2. The minimum Gasteiger partial charge on any atom is -0.366 e. The van der Waals surface area contributed by atoms with Gasteiger partial charge >= 0.3 is 0 Å². The van der Waals surface area contributed by atoms with E-state index in [1.807, 2.05) is 0 Å². The van der Waals surface area contributed by atoms with Crippen LogP contribution in [0.1, 0.15) is 10.6 Å². The van der Waals surface area contributed by atoms with Crippen molar-refractivity contribution >= 4 is 17.5 Å². The van der Waals surface area contributed by atoms with E-state index in [1.165, 1.54) is 18.7 Å². The van der Waals surface area contributed by atoms with E-state index in [4.69, 9.17) is 5.73 Å². The summed E-state index contributed by atoms with van der Waals surface area (Å²) in [7, 11) is 0. The quantitative estimate of drug-likeness (QED) is 0.603. The van der Waals surface area contributed by atoms with Crippen LogP contribution in [0.3, 0.4) is 0 Å². The molecule has 0 aliphatic carbocycles. The van der Waals surface area contributed by atoms with Crippen LogP contribution >= 0.6 is 0 Å². The smallest absolute Gasteiger partial charge is 0.293 e. The number of nitrogens with zero attached hydrogens (tertiary/aromatic N) is 4. The molecule has 2 heterocycles. The number of anilines is 2. The van der Waals surface area contributed by atoms with Gasteiger partial charge in [0, 0.05) is 0 Å². The molecule has 2 rings (SSSR count). The second kappa shape index (κ2) is 3.70. The molecule has 1 amide bonds. The lowest BCUT2D eigenvalue weighted by atomic mass is 10.5. The van der Waals surface area contributed by atoms with E-state index in [-0.39, 0.29) is 11.8 Å². The topological polar surface area (TPSA) is 122 Å². The summed E-state index contributed by atoms with van der Waals surface area (Å²) in [5, 5.41) is 8.43. The highest BCUT2D eigenvalue weighted by molar-refractivity contribution is 6.01. The van der Waals surface area contributed by atoms with Crippen molar-refractivity contribution in [3.63, 3.8) is 0 Å². The molecule has 0 fully saturated rings. The van der Waals surface area contributed by atoms with Gasteiger partial charge in [0.05, 0.1) is 18.1 Å². The van der Waals surface area contributed by atoms with Gasteiger partial charge < -0.3 is 11.1 Å². The zero-order valence-electron chi connectivity index (χ0n) is 7.51. The second-order valence-corrected chi connectivity index (χ2v) is 2.62. The standard InChI is InChI=1S/C7H7N7O/c8-7-12-5(13-14-7)6(15)11-4-1-9-3-10-2-4/h1-3H,(H,11,15)(H3,8,12,13,14). The molecule has 0 spiro atoms. The van der Waals surface area contributed by atoms with Crippen LogP contribution in [0.4, 0.5) is 11.6 Å². The van der Waals surface area contributed by atoms with Crippen LogP contribution in [0.2, 0.25) is 0 Å². The van der Waals surface area contributed by atoms with Crippen LogP contribution in [0.5, 0.6) is 0 Å². The monoisotopic (exact) mass is 205 g/mol. The van der Waals surface area contributed by atoms with Crippen molar-refractivity contribution < 1.29 is 4.79 Å². The summed E-state index contributed by atoms with van der Waals surface area (Å²) < 4.78 is 0. The first-order valence-corrected chi connectivity index (χ1v) is 4.00. The van der Waals surface area contributed by atoms with E-state index in [1.54, 1.807) is 0 Å². The van der Waals surface area contributed by atoms with E-state index >= 15 is 0 Å². The van der Waals surface area contributed by atoms with E-state index in [2.05, 4.69) is 30.5 Å². The van der Waals surface area contributed by atoms with Gasteiger partial charge in [0.1, 0.15) is 6.33 Å². The number of carbonyl (C=O) groups is 1. The molecule has 2 aromatic heterocycles. The van der Waals surface area contributed by atoms with Crippen molar-refractivity contribution in [3.05, 3.63) is 24.5 Å². The van der Waals surface area contributed by atoms with Crippen LogP contribution in [0.15, 0.2) is 18.7 Å². The molecule has 0 aliphatic rings. The number of hydrogen-bond acceptors (Lipinski definition) is 6. The first kappa shape index (κ1) is 9.06. The van der Waals surface area contributed by atoms with Gasteiger partial charge in [-0.2, -0.15) is 4.98 Å². The van der Waals surface area contributed by atoms with Crippen molar-refractivity contribution in [3.8, 4) is 0 Å². The number of carbonyl (C=O) groups excluding carboxylic acids is 1. The number of nitrogen functional groups attached to an aromatic ring is 1. The molecule has 4 N–H and O–H groups in total. The van der Waals surface area contributed by atoms with Gasteiger partial charge in [0.25, 0.3) is 5.91 Å². The van der Waals surface area contributed by atoms with E-state index < -0.39 is 5.91 Å². The van der Waals surface area contributed by atoms with Gasteiger partial charge in [-0.1, -0.05) is 0 Å². The Morgan fingerprint density at radius 1 is 1.40 bits per heavy atom. The maximum Gasteiger partial charge on any atom is 0.293 e. The Kier molecular flexibility index (Phi) is 2.23. The second-order valence-electron chi connectivity index (χ2n) is 2.62.